The molecule has 6 heteroatoms. The third-order valence-electron chi connectivity index (χ3n) is 2.09. The highest BCUT2D eigenvalue weighted by Gasteiger charge is 2.36. The van der Waals surface area contributed by atoms with Crippen molar-refractivity contribution in [2.75, 3.05) is 0 Å². The summed E-state index contributed by atoms with van der Waals surface area (Å²) in [6.45, 7) is 1.39. The van der Waals surface area contributed by atoms with Crippen molar-refractivity contribution in [3.05, 3.63) is 28.0 Å². The second-order valence-corrected chi connectivity index (χ2v) is 4.09. The van der Waals surface area contributed by atoms with Crippen LogP contribution in [-0.2, 0) is 6.18 Å². The van der Waals surface area contributed by atoms with Crippen LogP contribution < -0.4 is 0 Å². The van der Waals surface area contributed by atoms with E-state index in [-0.39, 0.29) is 16.7 Å². The van der Waals surface area contributed by atoms with E-state index < -0.39 is 11.7 Å². The molecular formula is C9H6BrF3N2. The summed E-state index contributed by atoms with van der Waals surface area (Å²) in [4.78, 5) is 6.48. The molecule has 0 spiro atoms. The molecule has 2 nitrogen and oxygen atoms in total. The summed E-state index contributed by atoms with van der Waals surface area (Å²) in [7, 11) is 0. The zero-order chi connectivity index (χ0) is 11.2. The lowest BCUT2D eigenvalue weighted by atomic mass is 10.1. The number of H-pyrrole nitrogens is 1. The lowest BCUT2D eigenvalue weighted by molar-refractivity contribution is -0.136. The van der Waals surface area contributed by atoms with Crippen LogP contribution in [0.25, 0.3) is 11.0 Å². The number of hydrogen-bond acceptors (Lipinski definition) is 1. The Bertz CT molecular complexity index is 516. The highest BCUT2D eigenvalue weighted by atomic mass is 79.9. The van der Waals surface area contributed by atoms with Crippen LogP contribution in [-0.4, -0.2) is 9.97 Å². The monoisotopic (exact) mass is 278 g/mol. The van der Waals surface area contributed by atoms with Crippen molar-refractivity contribution in [3.8, 4) is 0 Å². The van der Waals surface area contributed by atoms with E-state index in [0.29, 0.717) is 4.47 Å². The first kappa shape index (κ1) is 10.5. The first-order valence-corrected chi connectivity index (χ1v) is 4.90. The zero-order valence-corrected chi connectivity index (χ0v) is 9.20. The van der Waals surface area contributed by atoms with Crippen molar-refractivity contribution in [3.63, 3.8) is 0 Å². The molecule has 0 bridgehead atoms. The van der Waals surface area contributed by atoms with E-state index in [1.54, 1.807) is 0 Å². The minimum absolute atomic E-state index is 0.0862. The number of halogens is 4. The van der Waals surface area contributed by atoms with Gasteiger partial charge in [-0.2, -0.15) is 13.2 Å². The second kappa shape index (κ2) is 3.23. The number of fused-ring (bicyclic) bond motifs is 1. The Morgan fingerprint density at radius 1 is 1.40 bits per heavy atom. The van der Waals surface area contributed by atoms with Gasteiger partial charge in [-0.25, -0.2) is 4.98 Å². The van der Waals surface area contributed by atoms with Gasteiger partial charge in [-0.3, -0.25) is 0 Å². The molecule has 0 atom stereocenters. The highest BCUT2D eigenvalue weighted by Crippen LogP contribution is 2.37. The van der Waals surface area contributed by atoms with Crippen molar-refractivity contribution >= 4 is 27.0 Å². The minimum Gasteiger partial charge on any atom is -0.343 e. The van der Waals surface area contributed by atoms with Crippen molar-refractivity contribution < 1.29 is 13.2 Å². The summed E-state index contributed by atoms with van der Waals surface area (Å²) in [6, 6.07) is 1.41. The van der Waals surface area contributed by atoms with Gasteiger partial charge in [0.2, 0.25) is 0 Å². The molecular weight excluding hydrogens is 273 g/mol. The van der Waals surface area contributed by atoms with E-state index in [9.17, 15) is 13.2 Å². The summed E-state index contributed by atoms with van der Waals surface area (Å²) in [5.74, 6) is 0. The molecule has 2 rings (SSSR count). The number of aromatic nitrogens is 2. The number of aryl methyl sites for hydroxylation is 1. The Kier molecular flexibility index (Phi) is 2.26. The first-order chi connectivity index (χ1) is 6.89. The fraction of sp³-hybridized carbons (Fsp3) is 0.222. The molecule has 0 unspecified atom stereocenters. The van der Waals surface area contributed by atoms with E-state index in [4.69, 9.17) is 0 Å². The average Bonchev–Trinajstić information content (AvgIpc) is 2.38. The molecule has 0 aliphatic rings. The predicted octanol–water partition coefficient (Wildman–Crippen LogP) is 3.65. The molecule has 0 fully saturated rings. The van der Waals surface area contributed by atoms with Crippen LogP contribution in [0.5, 0.6) is 0 Å². The Morgan fingerprint density at radius 2 is 2.07 bits per heavy atom. The topological polar surface area (TPSA) is 28.7 Å². The van der Waals surface area contributed by atoms with Gasteiger partial charge in [-0.15, -0.1) is 0 Å². The van der Waals surface area contributed by atoms with Crippen molar-refractivity contribution in [1.29, 1.82) is 0 Å². The molecule has 0 radical (unpaired) electrons. The van der Waals surface area contributed by atoms with Gasteiger partial charge in [-0.1, -0.05) is 0 Å². The summed E-state index contributed by atoms with van der Waals surface area (Å²) in [6.07, 6.45) is -2.90. The molecule has 0 aliphatic carbocycles. The standard InChI is InChI=1S/C9H6BrF3N2/c1-4-7(9(11,12)13)6-2-5(10)3-14-8(6)15-4/h2-3H,1H3,(H,14,15). The quantitative estimate of drug-likeness (QED) is 0.783. The van der Waals surface area contributed by atoms with Crippen LogP contribution in [0, 0.1) is 6.92 Å². The van der Waals surface area contributed by atoms with Crippen LogP contribution in [0.1, 0.15) is 11.3 Å². The lowest BCUT2D eigenvalue weighted by Crippen LogP contribution is -2.05. The maximum Gasteiger partial charge on any atom is 0.418 e. The Morgan fingerprint density at radius 3 is 2.67 bits per heavy atom. The number of nitrogens with zero attached hydrogens (tertiary/aromatic N) is 1. The summed E-state index contributed by atoms with van der Waals surface area (Å²) in [5, 5.41) is 0.0920. The van der Waals surface area contributed by atoms with Crippen LogP contribution in [0.2, 0.25) is 0 Å². The maximum atomic E-state index is 12.7. The molecule has 2 heterocycles. The second-order valence-electron chi connectivity index (χ2n) is 3.17. The molecule has 0 aromatic carbocycles. The number of alkyl halides is 3. The van der Waals surface area contributed by atoms with E-state index in [1.165, 1.54) is 19.2 Å². The van der Waals surface area contributed by atoms with E-state index in [1.807, 2.05) is 0 Å². The normalized spacial score (nSPS) is 12.3. The zero-order valence-electron chi connectivity index (χ0n) is 7.61. The largest absolute Gasteiger partial charge is 0.418 e. The molecule has 15 heavy (non-hydrogen) atoms. The highest BCUT2D eigenvalue weighted by molar-refractivity contribution is 9.10. The van der Waals surface area contributed by atoms with E-state index in [2.05, 4.69) is 25.9 Å². The van der Waals surface area contributed by atoms with Crippen molar-refractivity contribution in [2.24, 2.45) is 0 Å². The number of aromatic amines is 1. The fourth-order valence-corrected chi connectivity index (χ4v) is 1.87. The third kappa shape index (κ3) is 1.73. The van der Waals surface area contributed by atoms with Gasteiger partial charge in [-0.05, 0) is 28.9 Å². The summed E-state index contributed by atoms with van der Waals surface area (Å²) in [5.41, 5.74) is -0.308. The fourth-order valence-electron chi connectivity index (χ4n) is 1.54. The van der Waals surface area contributed by atoms with Gasteiger partial charge >= 0.3 is 6.18 Å². The predicted molar refractivity (Wildman–Crippen MR) is 53.5 cm³/mol. The Labute approximate surface area is 91.6 Å². The van der Waals surface area contributed by atoms with Gasteiger partial charge in [0.15, 0.2) is 0 Å². The Balaban J connectivity index is 2.82. The Hall–Kier alpha value is -1.04. The van der Waals surface area contributed by atoms with Crippen LogP contribution >= 0.6 is 15.9 Å². The smallest absolute Gasteiger partial charge is 0.343 e. The number of hydrogen-bond donors (Lipinski definition) is 1. The molecule has 2 aromatic rings. The van der Waals surface area contributed by atoms with Crippen LogP contribution in [0.3, 0.4) is 0 Å². The third-order valence-corrected chi connectivity index (χ3v) is 2.52. The number of rotatable bonds is 0. The molecule has 1 N–H and O–H groups in total. The molecule has 2 aromatic heterocycles. The van der Waals surface area contributed by atoms with E-state index >= 15 is 0 Å². The van der Waals surface area contributed by atoms with Gasteiger partial charge in [0.25, 0.3) is 0 Å². The average molecular weight is 279 g/mol. The van der Waals surface area contributed by atoms with Crippen LogP contribution in [0.15, 0.2) is 16.7 Å². The summed E-state index contributed by atoms with van der Waals surface area (Å²) < 4.78 is 38.6. The molecule has 0 saturated heterocycles. The molecule has 0 aliphatic heterocycles. The lowest BCUT2D eigenvalue weighted by Gasteiger charge is -2.05. The minimum atomic E-state index is -4.36. The SMILES string of the molecule is Cc1[nH]c2ncc(Br)cc2c1C(F)(F)F. The van der Waals surface area contributed by atoms with Gasteiger partial charge in [0.1, 0.15) is 5.65 Å². The number of nitrogens with one attached hydrogen (secondary N) is 1. The molecule has 80 valence electrons. The summed E-state index contributed by atoms with van der Waals surface area (Å²) >= 11 is 3.10. The van der Waals surface area contributed by atoms with Crippen LogP contribution in [0.4, 0.5) is 13.2 Å². The van der Waals surface area contributed by atoms with E-state index in [0.717, 1.165) is 0 Å². The van der Waals surface area contributed by atoms with Gasteiger partial charge in [0.05, 0.1) is 5.56 Å². The first-order valence-electron chi connectivity index (χ1n) is 4.10. The molecule has 0 saturated carbocycles. The van der Waals surface area contributed by atoms with Gasteiger partial charge in [0, 0.05) is 21.7 Å². The maximum absolute atomic E-state index is 12.7. The molecule has 0 amide bonds. The number of pyridine rings is 1. The van der Waals surface area contributed by atoms with Crippen molar-refractivity contribution in [2.45, 2.75) is 13.1 Å². The van der Waals surface area contributed by atoms with Crippen molar-refractivity contribution in [1.82, 2.24) is 9.97 Å². The van der Waals surface area contributed by atoms with Gasteiger partial charge < -0.3 is 4.98 Å².